The van der Waals surface area contributed by atoms with Crippen LogP contribution in [0.3, 0.4) is 0 Å². The Balaban J connectivity index is 1.53. The molecule has 5 rings (SSSR count). The van der Waals surface area contributed by atoms with Crippen molar-refractivity contribution in [2.24, 2.45) is 0 Å². The predicted octanol–water partition coefficient (Wildman–Crippen LogP) is 4.58. The molecule has 0 radical (unpaired) electrons. The van der Waals surface area contributed by atoms with Gasteiger partial charge >= 0.3 is 6.18 Å². The molecular weight excluding hydrogens is 447 g/mol. The van der Waals surface area contributed by atoms with Gasteiger partial charge in [-0.1, -0.05) is 0 Å². The lowest BCUT2D eigenvalue weighted by molar-refractivity contribution is -0.137. The highest BCUT2D eigenvalue weighted by Crippen LogP contribution is 2.33. The molecule has 2 N–H and O–H groups in total. The maximum atomic E-state index is 13.2. The van der Waals surface area contributed by atoms with Crippen LogP contribution in [0, 0.1) is 0 Å². The first-order valence-electron chi connectivity index (χ1n) is 10.6. The Bertz CT molecular complexity index is 1380. The molecule has 0 aliphatic carbocycles. The summed E-state index contributed by atoms with van der Waals surface area (Å²) in [5, 5.41) is 4.01. The number of anilines is 3. The van der Waals surface area contributed by atoms with Gasteiger partial charge in [0.05, 0.1) is 29.9 Å². The number of benzene rings is 1. The third-order valence-electron chi connectivity index (χ3n) is 5.62. The fourth-order valence-corrected chi connectivity index (χ4v) is 3.90. The van der Waals surface area contributed by atoms with Crippen molar-refractivity contribution >= 4 is 28.0 Å². The molecule has 0 bridgehead atoms. The Kier molecular flexibility index (Phi) is 5.66. The standard InChI is InChI=1S/C24H20F3N5O2/c25-24(26,27)17-11-16(13-28-14-17)20-12-15-5-6-29-23(33)21(15)22(31-20)30-18-1-3-19(4-2-18)32-7-9-34-10-8-32/h1-6,11-14H,7-10H2,(H,29,33)(H,30,31). The van der Waals surface area contributed by atoms with Gasteiger partial charge in [-0.15, -0.1) is 0 Å². The van der Waals surface area contributed by atoms with Gasteiger partial charge < -0.3 is 19.9 Å². The first-order chi connectivity index (χ1) is 16.4. The predicted molar refractivity (Wildman–Crippen MR) is 123 cm³/mol. The number of aromatic amines is 1. The highest BCUT2D eigenvalue weighted by atomic mass is 19.4. The number of rotatable bonds is 4. The normalized spacial score (nSPS) is 14.4. The number of morpholine rings is 1. The largest absolute Gasteiger partial charge is 0.417 e. The van der Waals surface area contributed by atoms with Gasteiger partial charge in [-0.25, -0.2) is 4.98 Å². The van der Waals surface area contributed by atoms with E-state index >= 15 is 0 Å². The highest BCUT2D eigenvalue weighted by Gasteiger charge is 2.31. The third-order valence-corrected chi connectivity index (χ3v) is 5.62. The highest BCUT2D eigenvalue weighted by molar-refractivity contribution is 5.95. The first-order valence-corrected chi connectivity index (χ1v) is 10.6. The molecular formula is C24H20F3N5O2. The monoisotopic (exact) mass is 467 g/mol. The zero-order valence-corrected chi connectivity index (χ0v) is 17.9. The zero-order valence-electron chi connectivity index (χ0n) is 17.9. The number of nitrogens with one attached hydrogen (secondary N) is 2. The van der Waals surface area contributed by atoms with Crippen molar-refractivity contribution in [3.63, 3.8) is 0 Å². The molecule has 4 aromatic rings. The molecule has 1 aliphatic rings. The van der Waals surface area contributed by atoms with E-state index in [-0.39, 0.29) is 22.6 Å². The van der Waals surface area contributed by atoms with Crippen LogP contribution in [0.25, 0.3) is 22.0 Å². The lowest BCUT2D eigenvalue weighted by Gasteiger charge is -2.28. The Morgan fingerprint density at radius 3 is 2.53 bits per heavy atom. The number of ether oxygens (including phenoxy) is 1. The summed E-state index contributed by atoms with van der Waals surface area (Å²) in [6, 6.07) is 11.9. The SMILES string of the molecule is O=c1[nH]ccc2cc(-c3cncc(C(F)(F)F)c3)nc(Nc3ccc(N4CCOCC4)cc3)c12. The number of hydrogen-bond donors (Lipinski definition) is 2. The van der Waals surface area contributed by atoms with Crippen LogP contribution in [-0.4, -0.2) is 41.3 Å². The average molecular weight is 467 g/mol. The maximum Gasteiger partial charge on any atom is 0.417 e. The molecule has 1 aliphatic heterocycles. The van der Waals surface area contributed by atoms with Crippen LogP contribution in [-0.2, 0) is 10.9 Å². The van der Waals surface area contributed by atoms with Crippen LogP contribution in [0.2, 0.25) is 0 Å². The Labute approximate surface area is 192 Å². The van der Waals surface area contributed by atoms with E-state index in [4.69, 9.17) is 4.74 Å². The van der Waals surface area contributed by atoms with E-state index < -0.39 is 11.7 Å². The van der Waals surface area contributed by atoms with Gasteiger partial charge in [0.25, 0.3) is 5.56 Å². The molecule has 0 unspecified atom stereocenters. The van der Waals surface area contributed by atoms with Crippen molar-refractivity contribution in [3.05, 3.63) is 77.0 Å². The molecule has 174 valence electrons. The van der Waals surface area contributed by atoms with Crippen molar-refractivity contribution in [1.82, 2.24) is 15.0 Å². The Morgan fingerprint density at radius 1 is 1.03 bits per heavy atom. The number of hydrogen-bond acceptors (Lipinski definition) is 6. The van der Waals surface area contributed by atoms with Gasteiger partial charge in [0.1, 0.15) is 5.82 Å². The van der Waals surface area contributed by atoms with Gasteiger partial charge in [-0.2, -0.15) is 13.2 Å². The van der Waals surface area contributed by atoms with Crippen LogP contribution in [0.15, 0.2) is 65.8 Å². The Morgan fingerprint density at radius 2 is 1.79 bits per heavy atom. The quantitative estimate of drug-likeness (QED) is 0.457. The number of pyridine rings is 3. The molecule has 7 nitrogen and oxygen atoms in total. The van der Waals surface area contributed by atoms with Crippen molar-refractivity contribution in [2.75, 3.05) is 36.5 Å². The maximum absolute atomic E-state index is 13.2. The van der Waals surface area contributed by atoms with Gasteiger partial charge in [-0.3, -0.25) is 9.78 Å². The second-order valence-corrected chi connectivity index (χ2v) is 7.86. The third kappa shape index (κ3) is 4.44. The van der Waals surface area contributed by atoms with Gasteiger partial charge in [0.2, 0.25) is 0 Å². The summed E-state index contributed by atoms with van der Waals surface area (Å²) in [5.74, 6) is 0.242. The minimum Gasteiger partial charge on any atom is -0.378 e. The van der Waals surface area contributed by atoms with Crippen molar-refractivity contribution in [3.8, 4) is 11.3 Å². The molecule has 34 heavy (non-hydrogen) atoms. The molecule has 0 amide bonds. The smallest absolute Gasteiger partial charge is 0.378 e. The minimum absolute atomic E-state index is 0.197. The van der Waals surface area contributed by atoms with E-state index in [1.807, 2.05) is 24.3 Å². The molecule has 10 heteroatoms. The van der Waals surface area contributed by atoms with E-state index in [2.05, 4.69) is 25.2 Å². The van der Waals surface area contributed by atoms with Crippen LogP contribution in [0.1, 0.15) is 5.56 Å². The molecule has 1 aromatic carbocycles. The molecule has 0 saturated carbocycles. The first kappa shape index (κ1) is 21.9. The molecule has 1 saturated heterocycles. The summed E-state index contributed by atoms with van der Waals surface area (Å²) in [4.78, 5) is 25.6. The average Bonchev–Trinajstić information content (AvgIpc) is 2.84. The van der Waals surface area contributed by atoms with Crippen molar-refractivity contribution in [2.45, 2.75) is 6.18 Å². The van der Waals surface area contributed by atoms with Gasteiger partial charge in [-0.05, 0) is 47.9 Å². The van der Waals surface area contributed by atoms with E-state index in [0.29, 0.717) is 29.7 Å². The van der Waals surface area contributed by atoms with Crippen LogP contribution in [0.4, 0.5) is 30.4 Å². The van der Waals surface area contributed by atoms with Crippen LogP contribution >= 0.6 is 0 Å². The fraction of sp³-hybridized carbons (Fsp3) is 0.208. The molecule has 4 heterocycles. The molecule has 1 fully saturated rings. The number of halogens is 3. The minimum atomic E-state index is -4.53. The van der Waals surface area contributed by atoms with E-state index in [0.717, 1.165) is 31.0 Å². The zero-order chi connectivity index (χ0) is 23.7. The second kappa shape index (κ2) is 8.79. The topological polar surface area (TPSA) is 83.1 Å². The summed E-state index contributed by atoms with van der Waals surface area (Å²) in [6.07, 6.45) is -0.956. The Hall–Kier alpha value is -3.92. The number of nitrogens with zero attached hydrogens (tertiary/aromatic N) is 3. The van der Waals surface area contributed by atoms with Crippen LogP contribution in [0.5, 0.6) is 0 Å². The summed E-state index contributed by atoms with van der Waals surface area (Å²) < 4.78 is 45.0. The van der Waals surface area contributed by atoms with E-state index in [9.17, 15) is 18.0 Å². The number of H-pyrrole nitrogens is 1. The van der Waals surface area contributed by atoms with Crippen molar-refractivity contribution in [1.29, 1.82) is 0 Å². The van der Waals surface area contributed by atoms with E-state index in [1.165, 1.54) is 12.4 Å². The number of fused-ring (bicyclic) bond motifs is 1. The summed E-state index contributed by atoms with van der Waals surface area (Å²) in [6.45, 7) is 2.97. The summed E-state index contributed by atoms with van der Waals surface area (Å²) in [7, 11) is 0. The second-order valence-electron chi connectivity index (χ2n) is 7.86. The van der Waals surface area contributed by atoms with Crippen molar-refractivity contribution < 1.29 is 17.9 Å². The van der Waals surface area contributed by atoms with Gasteiger partial charge in [0, 0.05) is 48.6 Å². The molecule has 3 aromatic heterocycles. The lowest BCUT2D eigenvalue weighted by Crippen LogP contribution is -2.36. The number of aromatic nitrogens is 3. The van der Waals surface area contributed by atoms with Crippen LogP contribution < -0.4 is 15.8 Å². The molecule has 0 spiro atoms. The summed E-state index contributed by atoms with van der Waals surface area (Å²) >= 11 is 0. The number of alkyl halides is 3. The van der Waals surface area contributed by atoms with Gasteiger partial charge in [0.15, 0.2) is 0 Å². The lowest BCUT2D eigenvalue weighted by atomic mass is 10.1. The van der Waals surface area contributed by atoms with E-state index in [1.54, 1.807) is 12.1 Å². The molecule has 0 atom stereocenters. The fourth-order valence-electron chi connectivity index (χ4n) is 3.90. The summed E-state index contributed by atoms with van der Waals surface area (Å²) in [5.41, 5.74) is 0.978.